The van der Waals surface area contributed by atoms with Crippen LogP contribution in [-0.2, 0) is 4.74 Å². The number of rotatable bonds is 7. The second-order valence-electron chi connectivity index (χ2n) is 10.4. The first-order valence-corrected chi connectivity index (χ1v) is 13.0. The molecule has 0 saturated carbocycles. The van der Waals surface area contributed by atoms with Gasteiger partial charge in [0.05, 0.1) is 44.5 Å². The molecule has 0 aliphatic carbocycles. The predicted octanol–water partition coefficient (Wildman–Crippen LogP) is 5.40. The van der Waals surface area contributed by atoms with Crippen LogP contribution in [0.1, 0.15) is 55.6 Å². The molecular weight excluding hydrogens is 519 g/mol. The minimum absolute atomic E-state index is 0.120. The van der Waals surface area contributed by atoms with Crippen molar-refractivity contribution in [3.8, 4) is 22.9 Å². The van der Waals surface area contributed by atoms with Crippen molar-refractivity contribution in [2.75, 3.05) is 39.7 Å². The maximum Gasteiger partial charge on any atom is 0.410 e. The Labute approximate surface area is 233 Å². The molecule has 1 N–H and O–H groups in total. The summed E-state index contributed by atoms with van der Waals surface area (Å²) < 4.78 is 37.5. The number of aromatic nitrogens is 2. The summed E-state index contributed by atoms with van der Waals surface area (Å²) in [5, 5.41) is 7.38. The summed E-state index contributed by atoms with van der Waals surface area (Å²) in [4.78, 5) is 27.9. The summed E-state index contributed by atoms with van der Waals surface area (Å²) in [6.45, 7) is 6.37. The summed E-state index contributed by atoms with van der Waals surface area (Å²) in [5.74, 6) is 0.248. The Balaban J connectivity index is 1.65. The van der Waals surface area contributed by atoms with Gasteiger partial charge >= 0.3 is 6.09 Å². The molecule has 2 heterocycles. The van der Waals surface area contributed by atoms with Gasteiger partial charge in [0.2, 0.25) is 5.75 Å². The Morgan fingerprint density at radius 1 is 1.00 bits per heavy atom. The van der Waals surface area contributed by atoms with E-state index < -0.39 is 17.3 Å². The number of benzene rings is 2. The number of ether oxygens (including phenoxy) is 4. The molecular formula is C29H35FN4O6. The van der Waals surface area contributed by atoms with E-state index in [0.29, 0.717) is 65.8 Å². The summed E-state index contributed by atoms with van der Waals surface area (Å²) in [6, 6.07) is 9.31. The molecule has 4 rings (SSSR count). The normalized spacial score (nSPS) is 14.0. The van der Waals surface area contributed by atoms with Crippen LogP contribution in [0.5, 0.6) is 17.2 Å². The van der Waals surface area contributed by atoms with E-state index in [1.54, 1.807) is 33.8 Å². The molecule has 0 atom stereocenters. The van der Waals surface area contributed by atoms with E-state index in [-0.39, 0.29) is 12.0 Å². The molecule has 0 unspecified atom stereocenters. The van der Waals surface area contributed by atoms with Crippen molar-refractivity contribution in [2.45, 2.75) is 45.1 Å². The second kappa shape index (κ2) is 11.8. The molecule has 0 bridgehead atoms. The van der Waals surface area contributed by atoms with Gasteiger partial charge in [-0.3, -0.25) is 4.79 Å². The molecule has 1 aliphatic rings. The molecule has 40 heavy (non-hydrogen) atoms. The number of carbonyl (C=O) groups excluding carboxylic acids is 2. The third kappa shape index (κ3) is 6.30. The highest BCUT2D eigenvalue weighted by Gasteiger charge is 2.32. The van der Waals surface area contributed by atoms with Crippen molar-refractivity contribution < 1.29 is 32.9 Å². The van der Waals surface area contributed by atoms with Gasteiger partial charge in [-0.25, -0.2) is 13.9 Å². The van der Waals surface area contributed by atoms with Crippen LogP contribution in [0.25, 0.3) is 5.69 Å². The smallest absolute Gasteiger partial charge is 0.410 e. The zero-order valence-electron chi connectivity index (χ0n) is 23.6. The van der Waals surface area contributed by atoms with Gasteiger partial charge in [0.1, 0.15) is 11.4 Å². The van der Waals surface area contributed by atoms with Crippen LogP contribution in [0.4, 0.5) is 14.9 Å². The number of methoxy groups -OCH3 is 3. The number of nitrogens with one attached hydrogen (secondary N) is 1. The number of piperidine rings is 1. The number of hydrogen-bond acceptors (Lipinski definition) is 7. The van der Waals surface area contributed by atoms with Crippen molar-refractivity contribution in [1.29, 1.82) is 0 Å². The standard InChI is InChI=1S/C29H35FN4O6/c1-29(2,3)40-28(36)33-12-10-18(11-13-33)25-22(17-31-34(25)21-9-7-8-19(30)14-21)27(35)32-20-15-23(37-4)26(39-6)24(16-20)38-5/h7-9,14-18H,10-13H2,1-6H3,(H,32,35). The maximum absolute atomic E-state index is 14.1. The first-order valence-electron chi connectivity index (χ1n) is 13.0. The lowest BCUT2D eigenvalue weighted by Crippen LogP contribution is -2.41. The number of anilines is 1. The monoisotopic (exact) mass is 554 g/mol. The summed E-state index contributed by atoms with van der Waals surface area (Å²) in [6.07, 6.45) is 2.26. The van der Waals surface area contributed by atoms with Crippen molar-refractivity contribution in [2.24, 2.45) is 0 Å². The Hall–Kier alpha value is -4.28. The largest absolute Gasteiger partial charge is 0.493 e. The number of halogens is 1. The molecule has 11 heteroatoms. The van der Waals surface area contributed by atoms with Gasteiger partial charge in [-0.2, -0.15) is 5.10 Å². The molecule has 214 valence electrons. The molecule has 2 aromatic carbocycles. The molecule has 10 nitrogen and oxygen atoms in total. The van der Waals surface area contributed by atoms with Crippen molar-refractivity contribution in [1.82, 2.24) is 14.7 Å². The molecule has 0 radical (unpaired) electrons. The highest BCUT2D eigenvalue weighted by atomic mass is 19.1. The number of nitrogens with zero attached hydrogens (tertiary/aromatic N) is 3. The fraction of sp³-hybridized carbons (Fsp3) is 0.414. The van der Waals surface area contributed by atoms with Gasteiger partial charge in [-0.1, -0.05) is 6.07 Å². The molecule has 1 aromatic heterocycles. The van der Waals surface area contributed by atoms with E-state index in [1.165, 1.54) is 39.7 Å². The highest BCUT2D eigenvalue weighted by Crippen LogP contribution is 2.40. The van der Waals surface area contributed by atoms with Crippen LogP contribution in [-0.4, -0.2) is 66.7 Å². The fourth-order valence-electron chi connectivity index (χ4n) is 4.75. The minimum Gasteiger partial charge on any atom is -0.493 e. The molecule has 3 aromatic rings. The average Bonchev–Trinajstić information content (AvgIpc) is 3.37. The summed E-state index contributed by atoms with van der Waals surface area (Å²) >= 11 is 0. The summed E-state index contributed by atoms with van der Waals surface area (Å²) in [5.41, 5.74) is 1.32. The molecule has 1 saturated heterocycles. The average molecular weight is 555 g/mol. The Morgan fingerprint density at radius 3 is 2.20 bits per heavy atom. The van der Waals surface area contributed by atoms with E-state index in [4.69, 9.17) is 18.9 Å². The van der Waals surface area contributed by atoms with Gasteiger partial charge in [-0.05, 0) is 51.8 Å². The predicted molar refractivity (Wildman–Crippen MR) is 147 cm³/mol. The fourth-order valence-corrected chi connectivity index (χ4v) is 4.75. The van der Waals surface area contributed by atoms with Gasteiger partial charge in [0.25, 0.3) is 5.91 Å². The molecule has 2 amide bonds. The van der Waals surface area contributed by atoms with Crippen LogP contribution < -0.4 is 19.5 Å². The lowest BCUT2D eigenvalue weighted by atomic mass is 9.90. The van der Waals surface area contributed by atoms with E-state index in [1.807, 2.05) is 20.8 Å². The first kappa shape index (κ1) is 28.7. The Morgan fingerprint density at radius 2 is 1.65 bits per heavy atom. The van der Waals surface area contributed by atoms with Gasteiger partial charge in [0.15, 0.2) is 11.5 Å². The third-order valence-electron chi connectivity index (χ3n) is 6.56. The second-order valence-corrected chi connectivity index (χ2v) is 10.4. The van der Waals surface area contributed by atoms with Gasteiger partial charge in [0, 0.05) is 36.8 Å². The SMILES string of the molecule is COc1cc(NC(=O)c2cnn(-c3cccc(F)c3)c2C2CCN(C(=O)OC(C)(C)C)CC2)cc(OC)c1OC. The van der Waals surface area contributed by atoms with Crippen LogP contribution >= 0.6 is 0 Å². The number of likely N-dealkylation sites (tertiary alicyclic amines) is 1. The highest BCUT2D eigenvalue weighted by molar-refractivity contribution is 6.05. The van der Waals surface area contributed by atoms with Crippen LogP contribution in [0.15, 0.2) is 42.6 Å². The minimum atomic E-state index is -0.595. The van der Waals surface area contributed by atoms with Crippen LogP contribution in [0.3, 0.4) is 0 Å². The quantitative estimate of drug-likeness (QED) is 0.417. The Kier molecular flexibility index (Phi) is 8.51. The summed E-state index contributed by atoms with van der Waals surface area (Å²) in [7, 11) is 4.49. The topological polar surface area (TPSA) is 104 Å². The zero-order valence-corrected chi connectivity index (χ0v) is 23.6. The maximum atomic E-state index is 14.1. The lowest BCUT2D eigenvalue weighted by Gasteiger charge is -2.34. The van der Waals surface area contributed by atoms with Crippen LogP contribution in [0, 0.1) is 5.82 Å². The Bertz CT molecular complexity index is 1350. The van der Waals surface area contributed by atoms with Crippen LogP contribution in [0.2, 0.25) is 0 Å². The van der Waals surface area contributed by atoms with Gasteiger partial charge in [-0.15, -0.1) is 0 Å². The number of amides is 2. The zero-order chi connectivity index (χ0) is 29.0. The van der Waals surface area contributed by atoms with E-state index in [0.717, 1.165) is 0 Å². The van der Waals surface area contributed by atoms with E-state index in [2.05, 4.69) is 10.4 Å². The molecule has 1 aliphatic heterocycles. The van der Waals surface area contributed by atoms with E-state index in [9.17, 15) is 14.0 Å². The van der Waals surface area contributed by atoms with Gasteiger partial charge < -0.3 is 29.2 Å². The lowest BCUT2D eigenvalue weighted by molar-refractivity contribution is 0.0203. The number of hydrogen-bond donors (Lipinski definition) is 1. The first-order chi connectivity index (χ1) is 19.0. The van der Waals surface area contributed by atoms with Crippen molar-refractivity contribution in [3.05, 3.63) is 59.7 Å². The molecule has 0 spiro atoms. The third-order valence-corrected chi connectivity index (χ3v) is 6.56. The van der Waals surface area contributed by atoms with E-state index >= 15 is 0 Å². The van der Waals surface area contributed by atoms with Crippen molar-refractivity contribution >= 4 is 17.7 Å². The molecule has 1 fully saturated rings. The van der Waals surface area contributed by atoms with Crippen molar-refractivity contribution in [3.63, 3.8) is 0 Å². The number of carbonyl (C=O) groups is 2.